The van der Waals surface area contributed by atoms with Gasteiger partial charge in [0.1, 0.15) is 0 Å². The summed E-state index contributed by atoms with van der Waals surface area (Å²) in [5, 5.41) is 0. The van der Waals surface area contributed by atoms with E-state index < -0.39 is 0 Å². The van der Waals surface area contributed by atoms with Gasteiger partial charge < -0.3 is 14.4 Å². The van der Waals surface area contributed by atoms with Crippen LogP contribution in [0.3, 0.4) is 0 Å². The number of nitrogens with one attached hydrogen (secondary N) is 2. The third-order valence-corrected chi connectivity index (χ3v) is 4.82. The molecule has 1 aromatic carbocycles. The number of methoxy groups -OCH3 is 2. The SMILES string of the molecule is COc1cccc(C(=O)N(C)C(C)C2C(C)NNC2C)c1OC. The van der Waals surface area contributed by atoms with Gasteiger partial charge >= 0.3 is 0 Å². The Kier molecular flexibility index (Phi) is 5.49. The molecule has 0 aromatic heterocycles. The Bertz CT molecular complexity index is 554. The molecule has 1 aromatic rings. The van der Waals surface area contributed by atoms with E-state index in [0.717, 1.165) is 0 Å². The van der Waals surface area contributed by atoms with Gasteiger partial charge in [0.2, 0.25) is 0 Å². The standard InChI is InChI=1S/C17H27N3O3/c1-10-15(11(2)19-18-10)12(3)20(4)17(21)13-8-7-9-14(22-5)16(13)23-6/h7-12,15,18-19H,1-6H3. The van der Waals surface area contributed by atoms with Gasteiger partial charge in [-0.25, -0.2) is 0 Å². The van der Waals surface area contributed by atoms with Gasteiger partial charge in [0.05, 0.1) is 19.8 Å². The first-order valence-corrected chi connectivity index (χ1v) is 7.91. The molecule has 1 aliphatic heterocycles. The Balaban J connectivity index is 2.26. The summed E-state index contributed by atoms with van der Waals surface area (Å²) < 4.78 is 10.7. The number of ether oxygens (including phenoxy) is 2. The lowest BCUT2D eigenvalue weighted by Gasteiger charge is -2.33. The predicted octanol–water partition coefficient (Wildman–Crippen LogP) is 1.67. The molecule has 1 saturated heterocycles. The summed E-state index contributed by atoms with van der Waals surface area (Å²) in [6, 6.07) is 6.02. The molecule has 1 fully saturated rings. The van der Waals surface area contributed by atoms with E-state index in [4.69, 9.17) is 9.47 Å². The second-order valence-electron chi connectivity index (χ2n) is 6.14. The quantitative estimate of drug-likeness (QED) is 0.864. The lowest BCUT2D eigenvalue weighted by molar-refractivity contribution is 0.0675. The number of carbonyl (C=O) groups is 1. The third-order valence-electron chi connectivity index (χ3n) is 4.82. The Morgan fingerprint density at radius 2 is 1.78 bits per heavy atom. The topological polar surface area (TPSA) is 62.8 Å². The van der Waals surface area contributed by atoms with Crippen molar-refractivity contribution >= 4 is 5.91 Å². The molecule has 1 amide bonds. The average Bonchev–Trinajstić information content (AvgIpc) is 2.90. The fourth-order valence-corrected chi connectivity index (χ4v) is 3.41. The number of rotatable bonds is 5. The number of benzene rings is 1. The second kappa shape index (κ2) is 7.19. The maximum absolute atomic E-state index is 13.0. The van der Waals surface area contributed by atoms with Crippen LogP contribution in [0, 0.1) is 5.92 Å². The molecule has 2 rings (SSSR count). The molecule has 1 aliphatic rings. The summed E-state index contributed by atoms with van der Waals surface area (Å²) in [7, 11) is 4.95. The van der Waals surface area contributed by atoms with Crippen LogP contribution in [0.15, 0.2) is 18.2 Å². The van der Waals surface area contributed by atoms with Crippen LogP contribution in [0.25, 0.3) is 0 Å². The molecule has 23 heavy (non-hydrogen) atoms. The first kappa shape index (κ1) is 17.6. The number of hydrogen-bond donors (Lipinski definition) is 2. The summed E-state index contributed by atoms with van der Waals surface area (Å²) in [5.74, 6) is 1.29. The summed E-state index contributed by atoms with van der Waals surface area (Å²) in [6.07, 6.45) is 0. The predicted molar refractivity (Wildman–Crippen MR) is 89.8 cm³/mol. The van der Waals surface area contributed by atoms with Crippen LogP contribution >= 0.6 is 0 Å². The Morgan fingerprint density at radius 1 is 1.17 bits per heavy atom. The average molecular weight is 321 g/mol. The molecular formula is C17H27N3O3. The highest BCUT2D eigenvalue weighted by Crippen LogP contribution is 2.32. The van der Waals surface area contributed by atoms with E-state index in [-0.39, 0.29) is 11.9 Å². The molecule has 128 valence electrons. The van der Waals surface area contributed by atoms with Gasteiger partial charge in [-0.05, 0) is 32.9 Å². The molecule has 2 N–H and O–H groups in total. The zero-order valence-corrected chi connectivity index (χ0v) is 14.7. The van der Waals surface area contributed by atoms with E-state index >= 15 is 0 Å². The van der Waals surface area contributed by atoms with E-state index in [1.165, 1.54) is 0 Å². The van der Waals surface area contributed by atoms with Crippen LogP contribution in [0.1, 0.15) is 31.1 Å². The number of para-hydroxylation sites is 1. The lowest BCUT2D eigenvalue weighted by Crippen LogP contribution is -2.46. The van der Waals surface area contributed by atoms with Crippen molar-refractivity contribution in [2.75, 3.05) is 21.3 Å². The largest absolute Gasteiger partial charge is 0.493 e. The minimum Gasteiger partial charge on any atom is -0.493 e. The number of carbonyl (C=O) groups excluding carboxylic acids is 1. The summed E-state index contributed by atoms with van der Waals surface area (Å²) in [5.41, 5.74) is 7.00. The van der Waals surface area contributed by atoms with Crippen molar-refractivity contribution in [3.8, 4) is 11.5 Å². The second-order valence-corrected chi connectivity index (χ2v) is 6.14. The minimum absolute atomic E-state index is 0.0699. The van der Waals surface area contributed by atoms with Gasteiger partial charge in [-0.15, -0.1) is 0 Å². The zero-order chi connectivity index (χ0) is 17.1. The molecule has 0 saturated carbocycles. The van der Waals surface area contributed by atoms with Crippen LogP contribution < -0.4 is 20.3 Å². The van der Waals surface area contributed by atoms with Crippen LogP contribution in [0.5, 0.6) is 11.5 Å². The molecule has 0 aliphatic carbocycles. The molecule has 3 atom stereocenters. The highest BCUT2D eigenvalue weighted by atomic mass is 16.5. The van der Waals surface area contributed by atoms with Crippen LogP contribution in [-0.4, -0.2) is 50.2 Å². The number of hydrogen-bond acceptors (Lipinski definition) is 5. The Hall–Kier alpha value is -1.79. The lowest BCUT2D eigenvalue weighted by atomic mass is 9.88. The zero-order valence-electron chi connectivity index (χ0n) is 14.7. The number of amides is 1. The smallest absolute Gasteiger partial charge is 0.257 e. The van der Waals surface area contributed by atoms with Gasteiger partial charge in [-0.2, -0.15) is 0 Å². The monoisotopic (exact) mass is 321 g/mol. The molecule has 6 heteroatoms. The Morgan fingerprint density at radius 3 is 2.30 bits per heavy atom. The van der Waals surface area contributed by atoms with E-state index in [2.05, 4.69) is 31.6 Å². The molecule has 0 spiro atoms. The minimum atomic E-state index is -0.0699. The van der Waals surface area contributed by atoms with Gasteiger partial charge in [0, 0.05) is 31.1 Å². The van der Waals surface area contributed by atoms with Crippen molar-refractivity contribution in [3.05, 3.63) is 23.8 Å². The van der Waals surface area contributed by atoms with Crippen molar-refractivity contribution in [2.24, 2.45) is 5.92 Å². The van der Waals surface area contributed by atoms with Crippen LogP contribution in [0.4, 0.5) is 0 Å². The highest BCUT2D eigenvalue weighted by molar-refractivity contribution is 5.97. The number of hydrazine groups is 1. The van der Waals surface area contributed by atoms with E-state index in [9.17, 15) is 4.79 Å². The maximum atomic E-state index is 13.0. The maximum Gasteiger partial charge on any atom is 0.257 e. The van der Waals surface area contributed by atoms with E-state index in [1.54, 1.807) is 37.3 Å². The Labute approximate surface area is 138 Å². The van der Waals surface area contributed by atoms with E-state index in [1.807, 2.05) is 7.05 Å². The van der Waals surface area contributed by atoms with E-state index in [0.29, 0.717) is 35.1 Å². The third kappa shape index (κ3) is 3.28. The van der Waals surface area contributed by atoms with Gasteiger partial charge in [-0.1, -0.05) is 6.07 Å². The van der Waals surface area contributed by atoms with Crippen LogP contribution in [-0.2, 0) is 0 Å². The summed E-state index contributed by atoms with van der Waals surface area (Å²) in [6.45, 7) is 6.33. The molecule has 1 heterocycles. The highest BCUT2D eigenvalue weighted by Gasteiger charge is 2.37. The molecular weight excluding hydrogens is 294 g/mol. The molecule has 0 bridgehead atoms. The normalized spacial score (nSPS) is 25.0. The van der Waals surface area contributed by atoms with Crippen molar-refractivity contribution < 1.29 is 14.3 Å². The fourth-order valence-electron chi connectivity index (χ4n) is 3.41. The van der Waals surface area contributed by atoms with Crippen LogP contribution in [0.2, 0.25) is 0 Å². The molecule has 6 nitrogen and oxygen atoms in total. The fraction of sp³-hybridized carbons (Fsp3) is 0.588. The summed E-state index contributed by atoms with van der Waals surface area (Å²) in [4.78, 5) is 14.7. The molecule has 0 radical (unpaired) electrons. The van der Waals surface area contributed by atoms with Gasteiger partial charge in [-0.3, -0.25) is 15.6 Å². The summed E-state index contributed by atoms with van der Waals surface area (Å²) >= 11 is 0. The van der Waals surface area contributed by atoms with Crippen molar-refractivity contribution in [1.29, 1.82) is 0 Å². The van der Waals surface area contributed by atoms with Crippen molar-refractivity contribution in [2.45, 2.75) is 38.9 Å². The first-order valence-electron chi connectivity index (χ1n) is 7.91. The van der Waals surface area contributed by atoms with Gasteiger partial charge in [0.25, 0.3) is 5.91 Å². The van der Waals surface area contributed by atoms with Crippen molar-refractivity contribution in [1.82, 2.24) is 15.8 Å². The molecule has 3 unspecified atom stereocenters. The number of nitrogens with zero attached hydrogens (tertiary/aromatic N) is 1. The van der Waals surface area contributed by atoms with Gasteiger partial charge in [0.15, 0.2) is 11.5 Å². The van der Waals surface area contributed by atoms with Crippen molar-refractivity contribution in [3.63, 3.8) is 0 Å². The first-order chi connectivity index (χ1) is 10.9.